The first-order chi connectivity index (χ1) is 14.0. The smallest absolute Gasteiger partial charge is 0.270 e. The third kappa shape index (κ3) is 3.05. The van der Waals surface area contributed by atoms with Gasteiger partial charge in [0.25, 0.3) is 5.91 Å². The third-order valence-corrected chi connectivity index (χ3v) is 6.24. The lowest BCUT2D eigenvalue weighted by Crippen LogP contribution is -2.32. The van der Waals surface area contributed by atoms with Crippen LogP contribution in [0.3, 0.4) is 0 Å². The van der Waals surface area contributed by atoms with Crippen LogP contribution in [0.2, 0.25) is 0 Å². The quantitative estimate of drug-likeness (QED) is 0.725. The van der Waals surface area contributed by atoms with Gasteiger partial charge in [-0.1, -0.05) is 12.1 Å². The number of amides is 1. The molecule has 2 aliphatic heterocycles. The van der Waals surface area contributed by atoms with Crippen LogP contribution in [0.15, 0.2) is 30.6 Å². The first-order valence-corrected chi connectivity index (χ1v) is 10.1. The highest BCUT2D eigenvalue weighted by molar-refractivity contribution is 6.02. The number of rotatable bonds is 2. The molecule has 2 aliphatic rings. The molecule has 7 heteroatoms. The average molecular weight is 394 g/mol. The number of aromatic nitrogens is 3. The maximum Gasteiger partial charge on any atom is 0.270 e. The monoisotopic (exact) mass is 394 g/mol. The molecule has 0 unspecified atom stereocenters. The normalized spacial score (nSPS) is 22.8. The lowest BCUT2D eigenvalue weighted by Gasteiger charge is -2.19. The SMILES string of the molecule is Cc1ccc(C)c2c(C)c(C(=O)N3C[C@@H]4OCC(n5cccn5)CO[C@H]4C3)[nH]c12. The molecule has 2 fully saturated rings. The average Bonchev–Trinajstić information content (AvgIpc) is 3.42. The van der Waals surface area contributed by atoms with E-state index in [9.17, 15) is 4.79 Å². The van der Waals surface area contributed by atoms with Gasteiger partial charge in [-0.3, -0.25) is 9.48 Å². The molecular formula is C22H26N4O3. The molecule has 1 N–H and O–H groups in total. The zero-order valence-electron chi connectivity index (χ0n) is 17.0. The largest absolute Gasteiger partial charge is 0.371 e. The molecule has 0 spiro atoms. The predicted octanol–water partition coefficient (Wildman–Crippen LogP) is 2.77. The van der Waals surface area contributed by atoms with Gasteiger partial charge >= 0.3 is 0 Å². The lowest BCUT2D eigenvalue weighted by molar-refractivity contribution is -0.00461. The Kier molecular flexibility index (Phi) is 4.44. The van der Waals surface area contributed by atoms with Gasteiger partial charge in [0.1, 0.15) is 17.9 Å². The minimum Gasteiger partial charge on any atom is -0.371 e. The Hall–Kier alpha value is -2.64. The van der Waals surface area contributed by atoms with E-state index in [2.05, 4.69) is 36.1 Å². The van der Waals surface area contributed by atoms with E-state index in [0.717, 1.165) is 22.0 Å². The fourth-order valence-electron chi connectivity index (χ4n) is 4.57. The van der Waals surface area contributed by atoms with Crippen LogP contribution in [-0.2, 0) is 9.47 Å². The minimum absolute atomic E-state index is 0.0152. The van der Waals surface area contributed by atoms with Gasteiger partial charge in [0, 0.05) is 36.4 Å². The summed E-state index contributed by atoms with van der Waals surface area (Å²) in [4.78, 5) is 18.5. The molecule has 0 radical (unpaired) electrons. The van der Waals surface area contributed by atoms with E-state index >= 15 is 0 Å². The van der Waals surface area contributed by atoms with Gasteiger partial charge in [-0.25, -0.2) is 0 Å². The van der Waals surface area contributed by atoms with Crippen molar-refractivity contribution >= 4 is 16.8 Å². The number of carbonyl (C=O) groups excluding carboxylic acids is 1. The zero-order valence-corrected chi connectivity index (χ0v) is 17.0. The highest BCUT2D eigenvalue weighted by atomic mass is 16.6. The maximum atomic E-state index is 13.3. The molecule has 0 saturated carbocycles. The number of nitrogens with one attached hydrogen (secondary N) is 1. The van der Waals surface area contributed by atoms with Crippen molar-refractivity contribution in [2.75, 3.05) is 26.3 Å². The molecule has 29 heavy (non-hydrogen) atoms. The molecule has 3 aromatic rings. The van der Waals surface area contributed by atoms with Gasteiger partial charge in [0.2, 0.25) is 0 Å². The summed E-state index contributed by atoms with van der Waals surface area (Å²) in [6, 6.07) is 6.17. The molecule has 1 amide bonds. The van der Waals surface area contributed by atoms with Crippen LogP contribution in [0.25, 0.3) is 10.9 Å². The van der Waals surface area contributed by atoms with Crippen molar-refractivity contribution in [2.24, 2.45) is 0 Å². The minimum atomic E-state index is -0.104. The highest BCUT2D eigenvalue weighted by Crippen LogP contribution is 2.30. The van der Waals surface area contributed by atoms with Crippen molar-refractivity contribution in [1.29, 1.82) is 0 Å². The Labute approximate surface area is 169 Å². The first-order valence-electron chi connectivity index (χ1n) is 10.1. The number of aromatic amines is 1. The van der Waals surface area contributed by atoms with Crippen molar-refractivity contribution < 1.29 is 14.3 Å². The zero-order chi connectivity index (χ0) is 20.1. The summed E-state index contributed by atoms with van der Waals surface area (Å²) >= 11 is 0. The predicted molar refractivity (Wildman–Crippen MR) is 109 cm³/mol. The Balaban J connectivity index is 1.34. The van der Waals surface area contributed by atoms with Crippen LogP contribution >= 0.6 is 0 Å². The molecule has 152 valence electrons. The second kappa shape index (κ2) is 7.00. The second-order valence-electron chi connectivity index (χ2n) is 8.17. The molecule has 7 nitrogen and oxygen atoms in total. The first kappa shape index (κ1) is 18.4. The summed E-state index contributed by atoms with van der Waals surface area (Å²) in [5.74, 6) is 0.0152. The molecule has 0 bridgehead atoms. The van der Waals surface area contributed by atoms with Gasteiger partial charge in [-0.15, -0.1) is 0 Å². The van der Waals surface area contributed by atoms with Crippen molar-refractivity contribution in [1.82, 2.24) is 19.7 Å². The fraction of sp³-hybridized carbons (Fsp3) is 0.455. The van der Waals surface area contributed by atoms with Crippen LogP contribution in [-0.4, -0.2) is 64.1 Å². The van der Waals surface area contributed by atoms with E-state index in [1.165, 1.54) is 5.56 Å². The van der Waals surface area contributed by atoms with Crippen LogP contribution in [0, 0.1) is 20.8 Å². The van der Waals surface area contributed by atoms with E-state index in [1.807, 2.05) is 28.8 Å². The van der Waals surface area contributed by atoms with Crippen molar-refractivity contribution in [3.8, 4) is 0 Å². The topological polar surface area (TPSA) is 72.4 Å². The number of likely N-dealkylation sites (tertiary alicyclic amines) is 1. The van der Waals surface area contributed by atoms with Crippen LogP contribution in [0.5, 0.6) is 0 Å². The molecule has 2 aromatic heterocycles. The number of ether oxygens (including phenoxy) is 2. The van der Waals surface area contributed by atoms with Crippen molar-refractivity contribution in [2.45, 2.75) is 39.0 Å². The van der Waals surface area contributed by atoms with E-state index < -0.39 is 0 Å². The number of hydrogen-bond acceptors (Lipinski definition) is 4. The summed E-state index contributed by atoms with van der Waals surface area (Å²) in [5, 5.41) is 5.44. The van der Waals surface area contributed by atoms with Crippen molar-refractivity contribution in [3.63, 3.8) is 0 Å². The van der Waals surface area contributed by atoms with Gasteiger partial charge in [0.15, 0.2) is 0 Å². The summed E-state index contributed by atoms with van der Waals surface area (Å²) in [6.45, 7) is 8.34. The van der Waals surface area contributed by atoms with Crippen LogP contribution in [0.1, 0.15) is 33.2 Å². The number of hydrogen-bond donors (Lipinski definition) is 1. The van der Waals surface area contributed by atoms with Gasteiger partial charge < -0.3 is 19.4 Å². The van der Waals surface area contributed by atoms with Gasteiger partial charge in [0.05, 0.1) is 19.3 Å². The summed E-state index contributed by atoms with van der Waals surface area (Å²) < 4.78 is 14.1. The van der Waals surface area contributed by atoms with Gasteiger partial charge in [-0.05, 0) is 43.5 Å². The number of benzene rings is 1. The van der Waals surface area contributed by atoms with E-state index in [-0.39, 0.29) is 24.2 Å². The standard InChI is InChI=1S/C22H26N4O3/c1-13-5-6-14(2)20-19(13)15(3)21(24-20)22(27)25-9-17-18(10-25)29-12-16(11-28-17)26-8-4-7-23-26/h4-8,16-18,24H,9-12H2,1-3H3/t17-,18-/m0/s1. The van der Waals surface area contributed by atoms with Crippen molar-refractivity contribution in [3.05, 3.63) is 53.0 Å². The summed E-state index contributed by atoms with van der Waals surface area (Å²) in [5.41, 5.74) is 5.06. The maximum absolute atomic E-state index is 13.3. The molecule has 1 aromatic carbocycles. The van der Waals surface area contributed by atoms with Gasteiger partial charge in [-0.2, -0.15) is 5.10 Å². The Morgan fingerprint density at radius 1 is 1.10 bits per heavy atom. The molecule has 2 saturated heterocycles. The molecular weight excluding hydrogens is 368 g/mol. The number of fused-ring (bicyclic) bond motifs is 2. The number of aryl methyl sites for hydroxylation is 3. The second-order valence-corrected chi connectivity index (χ2v) is 8.17. The highest BCUT2D eigenvalue weighted by Gasteiger charge is 2.40. The van der Waals surface area contributed by atoms with E-state index in [4.69, 9.17) is 9.47 Å². The summed E-state index contributed by atoms with van der Waals surface area (Å²) in [6.07, 6.45) is 3.48. The molecule has 2 atom stereocenters. The number of carbonyl (C=O) groups is 1. The lowest BCUT2D eigenvalue weighted by atomic mass is 10.0. The summed E-state index contributed by atoms with van der Waals surface area (Å²) in [7, 11) is 0. The third-order valence-electron chi connectivity index (χ3n) is 6.24. The number of nitrogens with zero attached hydrogens (tertiary/aromatic N) is 3. The van der Waals surface area contributed by atoms with Crippen LogP contribution < -0.4 is 0 Å². The number of H-pyrrole nitrogens is 1. The van der Waals surface area contributed by atoms with E-state index in [1.54, 1.807) is 6.20 Å². The Morgan fingerprint density at radius 2 is 1.79 bits per heavy atom. The fourth-order valence-corrected chi connectivity index (χ4v) is 4.57. The molecule has 0 aliphatic carbocycles. The van der Waals surface area contributed by atoms with Crippen LogP contribution in [0.4, 0.5) is 0 Å². The Morgan fingerprint density at radius 3 is 2.41 bits per heavy atom. The van der Waals surface area contributed by atoms with E-state index in [0.29, 0.717) is 32.0 Å². The Bertz CT molecular complexity index is 1040. The molecule has 5 rings (SSSR count). The molecule has 4 heterocycles.